The molecule has 0 bridgehead atoms. The van der Waals surface area contributed by atoms with Gasteiger partial charge in [0.05, 0.1) is 0 Å². The molecule has 6 nitrogen and oxygen atoms in total. The molecule has 0 fully saturated rings. The van der Waals surface area contributed by atoms with Gasteiger partial charge in [0.15, 0.2) is 9.84 Å². The van der Waals surface area contributed by atoms with Crippen LogP contribution in [-0.2, 0) is 21.1 Å². The van der Waals surface area contributed by atoms with Crippen LogP contribution in [-0.4, -0.2) is 24.8 Å². The molecule has 0 spiro atoms. The second-order valence-corrected chi connectivity index (χ2v) is 7.67. The van der Waals surface area contributed by atoms with Gasteiger partial charge in [-0.3, -0.25) is 0 Å². The molecule has 0 aliphatic carbocycles. The fourth-order valence-electron chi connectivity index (χ4n) is 1.53. The summed E-state index contributed by atoms with van der Waals surface area (Å²) in [4.78, 5) is 4.19. The third-order valence-corrected chi connectivity index (χ3v) is 5.34. The van der Waals surface area contributed by atoms with Gasteiger partial charge in [0.1, 0.15) is 4.75 Å². The van der Waals surface area contributed by atoms with Crippen molar-refractivity contribution < 1.29 is 12.9 Å². The first-order chi connectivity index (χ1) is 9.25. The highest BCUT2D eigenvalue weighted by Crippen LogP contribution is 2.29. The van der Waals surface area contributed by atoms with Gasteiger partial charge < -0.3 is 10.3 Å². The molecule has 2 rings (SSSR count). The third-order valence-electron chi connectivity index (χ3n) is 3.32. The molecule has 0 atom stereocenters. The quantitative estimate of drug-likeness (QED) is 0.917. The van der Waals surface area contributed by atoms with E-state index in [9.17, 15) is 8.42 Å². The van der Waals surface area contributed by atoms with Gasteiger partial charge in [-0.1, -0.05) is 29.4 Å². The Hall–Kier alpha value is -1.73. The Morgan fingerprint density at radius 1 is 1.25 bits per heavy atom. The largest absolute Gasteiger partial charge is 0.337 e. The lowest BCUT2D eigenvalue weighted by Crippen LogP contribution is -2.28. The van der Waals surface area contributed by atoms with Crippen LogP contribution in [0, 0.1) is 0 Å². The molecule has 0 aliphatic heterocycles. The van der Waals surface area contributed by atoms with Gasteiger partial charge >= 0.3 is 0 Å². The highest BCUT2D eigenvalue weighted by Gasteiger charge is 2.38. The molecule has 0 saturated carbocycles. The van der Waals surface area contributed by atoms with E-state index >= 15 is 0 Å². The molecule has 0 unspecified atom stereocenters. The minimum Gasteiger partial charge on any atom is -0.337 e. The lowest BCUT2D eigenvalue weighted by atomic mass is 10.1. The molecule has 1 aromatic heterocycles. The van der Waals surface area contributed by atoms with Gasteiger partial charge in [-0.2, -0.15) is 4.98 Å². The molecule has 1 aromatic carbocycles. The first kappa shape index (κ1) is 14.7. The molecule has 2 N–H and O–H groups in total. The van der Waals surface area contributed by atoms with E-state index in [2.05, 4.69) is 10.1 Å². The molecule has 0 aliphatic rings. The fraction of sp³-hybridized carbons (Fsp3) is 0.385. The van der Waals surface area contributed by atoms with Gasteiger partial charge in [0.2, 0.25) is 11.7 Å². The number of nitrogens with zero attached hydrogens (tertiary/aromatic N) is 2. The molecule has 0 radical (unpaired) electrons. The van der Waals surface area contributed by atoms with Crippen LogP contribution in [0.25, 0.3) is 11.4 Å². The van der Waals surface area contributed by atoms with Crippen molar-refractivity contribution in [2.45, 2.75) is 25.1 Å². The minimum absolute atomic E-state index is 0.0814. The predicted octanol–water partition coefficient (Wildman–Crippen LogP) is 1.48. The van der Waals surface area contributed by atoms with E-state index in [1.807, 2.05) is 24.3 Å². The van der Waals surface area contributed by atoms with Crippen LogP contribution >= 0.6 is 0 Å². The molecule has 2 aromatic rings. The third kappa shape index (κ3) is 2.59. The maximum Gasteiger partial charge on any atom is 0.247 e. The van der Waals surface area contributed by atoms with E-state index in [0.29, 0.717) is 12.4 Å². The molecule has 1 heterocycles. The number of benzene rings is 1. The molecule has 0 saturated heterocycles. The van der Waals surface area contributed by atoms with Gasteiger partial charge in [-0.25, -0.2) is 8.42 Å². The van der Waals surface area contributed by atoms with Crippen LogP contribution in [0.3, 0.4) is 0 Å². The Morgan fingerprint density at radius 3 is 2.35 bits per heavy atom. The fourth-order valence-corrected chi connectivity index (χ4v) is 1.93. The second kappa shape index (κ2) is 4.99. The van der Waals surface area contributed by atoms with E-state index < -0.39 is 14.6 Å². The smallest absolute Gasteiger partial charge is 0.247 e. The van der Waals surface area contributed by atoms with Crippen molar-refractivity contribution in [3.05, 3.63) is 35.7 Å². The van der Waals surface area contributed by atoms with E-state index in [0.717, 1.165) is 17.4 Å². The Kier molecular flexibility index (Phi) is 3.66. The average molecular weight is 295 g/mol. The van der Waals surface area contributed by atoms with Crippen LogP contribution in [0.2, 0.25) is 0 Å². The zero-order valence-electron chi connectivity index (χ0n) is 11.6. The lowest BCUT2D eigenvalue weighted by molar-refractivity contribution is 0.348. The van der Waals surface area contributed by atoms with E-state index in [4.69, 9.17) is 10.3 Å². The number of nitrogens with two attached hydrogens (primary N) is 1. The van der Waals surface area contributed by atoms with Crippen LogP contribution in [0.15, 0.2) is 28.8 Å². The second-order valence-electron chi connectivity index (χ2n) is 5.11. The van der Waals surface area contributed by atoms with Gasteiger partial charge in [-0.05, 0) is 19.4 Å². The summed E-state index contributed by atoms with van der Waals surface area (Å²) in [7, 11) is -3.35. The minimum atomic E-state index is -3.35. The number of rotatable bonds is 4. The Labute approximate surface area is 117 Å². The standard InChI is InChI=1S/C13H17N3O3S/c1-13(2,20(3,17)18)12-15-11(16-19-12)10-6-4-9(8-14)5-7-10/h4-7H,8,14H2,1-3H3. The SMILES string of the molecule is CC(C)(c1nc(-c2ccc(CN)cc2)no1)S(C)(=O)=O. The van der Waals surface area contributed by atoms with Crippen LogP contribution < -0.4 is 5.73 Å². The molecular weight excluding hydrogens is 278 g/mol. The summed E-state index contributed by atoms with van der Waals surface area (Å²) in [6, 6.07) is 7.38. The van der Waals surface area contributed by atoms with Crippen LogP contribution in [0.5, 0.6) is 0 Å². The summed E-state index contributed by atoms with van der Waals surface area (Å²) in [6.45, 7) is 3.53. The zero-order chi connectivity index (χ0) is 15.0. The first-order valence-corrected chi connectivity index (χ1v) is 7.98. The van der Waals surface area contributed by atoms with Crippen molar-refractivity contribution in [2.75, 3.05) is 6.26 Å². The predicted molar refractivity (Wildman–Crippen MR) is 75.5 cm³/mol. The Balaban J connectivity index is 2.38. The van der Waals surface area contributed by atoms with Crippen molar-refractivity contribution in [1.29, 1.82) is 0 Å². The summed E-state index contributed by atoms with van der Waals surface area (Å²) in [6.07, 6.45) is 1.15. The number of hydrogen-bond acceptors (Lipinski definition) is 6. The highest BCUT2D eigenvalue weighted by atomic mass is 32.2. The summed E-state index contributed by atoms with van der Waals surface area (Å²) in [5, 5.41) is 3.84. The van der Waals surface area contributed by atoms with Crippen molar-refractivity contribution in [1.82, 2.24) is 10.1 Å². The topological polar surface area (TPSA) is 99.1 Å². The van der Waals surface area contributed by atoms with Crippen LogP contribution in [0.4, 0.5) is 0 Å². The number of sulfone groups is 1. The number of hydrogen-bond donors (Lipinski definition) is 1. The molecular formula is C13H17N3O3S. The molecule has 20 heavy (non-hydrogen) atoms. The highest BCUT2D eigenvalue weighted by molar-refractivity contribution is 7.91. The lowest BCUT2D eigenvalue weighted by Gasteiger charge is -2.16. The van der Waals surface area contributed by atoms with E-state index in [1.54, 1.807) is 0 Å². The van der Waals surface area contributed by atoms with Crippen molar-refractivity contribution in [3.8, 4) is 11.4 Å². The maximum atomic E-state index is 11.7. The normalized spacial score (nSPS) is 12.6. The van der Waals surface area contributed by atoms with Crippen molar-refractivity contribution in [2.24, 2.45) is 5.73 Å². The zero-order valence-corrected chi connectivity index (χ0v) is 12.4. The van der Waals surface area contributed by atoms with E-state index in [-0.39, 0.29) is 5.89 Å². The maximum absolute atomic E-state index is 11.7. The van der Waals surface area contributed by atoms with Gasteiger partial charge in [0, 0.05) is 18.4 Å². The number of aromatic nitrogens is 2. The monoisotopic (exact) mass is 295 g/mol. The molecule has 108 valence electrons. The van der Waals surface area contributed by atoms with E-state index in [1.165, 1.54) is 13.8 Å². The summed E-state index contributed by atoms with van der Waals surface area (Å²) in [5.74, 6) is 0.443. The molecule has 0 amide bonds. The van der Waals surface area contributed by atoms with Crippen molar-refractivity contribution in [3.63, 3.8) is 0 Å². The van der Waals surface area contributed by atoms with Gasteiger partial charge in [-0.15, -0.1) is 0 Å². The Bertz CT molecular complexity index is 703. The van der Waals surface area contributed by atoms with Crippen molar-refractivity contribution >= 4 is 9.84 Å². The van der Waals surface area contributed by atoms with Crippen LogP contribution in [0.1, 0.15) is 25.3 Å². The first-order valence-electron chi connectivity index (χ1n) is 6.09. The average Bonchev–Trinajstić information content (AvgIpc) is 2.87. The summed E-state index contributed by atoms with van der Waals surface area (Å²) < 4.78 is 27.4. The summed E-state index contributed by atoms with van der Waals surface area (Å²) >= 11 is 0. The summed E-state index contributed by atoms with van der Waals surface area (Å²) in [5.41, 5.74) is 7.28. The Morgan fingerprint density at radius 2 is 1.85 bits per heavy atom. The molecule has 7 heteroatoms. The van der Waals surface area contributed by atoms with Gasteiger partial charge in [0.25, 0.3) is 0 Å².